The quantitative estimate of drug-likeness (QED) is 0.705. The maximum absolute atomic E-state index is 5.92. The SMILES string of the molecule is Cc1cccc(NC(=S)NC[C@H]2C[NH+](Cc3ccccc3)CCO2)c1C. The van der Waals surface area contributed by atoms with E-state index in [4.69, 9.17) is 17.0 Å². The first-order chi connectivity index (χ1) is 12.6. The molecule has 0 aromatic heterocycles. The van der Waals surface area contributed by atoms with Gasteiger partial charge in [0, 0.05) is 17.8 Å². The van der Waals surface area contributed by atoms with Crippen molar-refractivity contribution in [3.8, 4) is 0 Å². The smallest absolute Gasteiger partial charge is 0.170 e. The number of anilines is 1. The van der Waals surface area contributed by atoms with Gasteiger partial charge in [0.05, 0.1) is 6.61 Å². The monoisotopic (exact) mass is 370 g/mol. The van der Waals surface area contributed by atoms with Crippen LogP contribution in [0.4, 0.5) is 5.69 Å². The van der Waals surface area contributed by atoms with Crippen molar-refractivity contribution >= 4 is 23.0 Å². The van der Waals surface area contributed by atoms with E-state index in [1.165, 1.54) is 16.7 Å². The standard InChI is InChI=1S/C21H27N3OS/c1-16-7-6-10-20(17(16)2)23-21(26)22-13-19-15-24(11-12-25-19)14-18-8-4-3-5-9-18/h3-10,19H,11-15H2,1-2H3,(H2,22,23,26)/p+1/t19-/m0/s1. The van der Waals surface area contributed by atoms with Crippen molar-refractivity contribution in [1.82, 2.24) is 5.32 Å². The third kappa shape index (κ3) is 5.27. The molecule has 26 heavy (non-hydrogen) atoms. The number of rotatable bonds is 5. The molecular formula is C21H28N3OS+. The van der Waals surface area contributed by atoms with Crippen LogP contribution in [0.25, 0.3) is 0 Å². The molecule has 1 aliphatic heterocycles. The van der Waals surface area contributed by atoms with Gasteiger partial charge in [-0.25, -0.2) is 0 Å². The van der Waals surface area contributed by atoms with Crippen LogP contribution in [0.5, 0.6) is 0 Å². The molecule has 3 N–H and O–H groups in total. The molecule has 0 saturated carbocycles. The van der Waals surface area contributed by atoms with Crippen LogP contribution in [-0.4, -0.2) is 37.5 Å². The van der Waals surface area contributed by atoms with Crippen LogP contribution in [0.3, 0.4) is 0 Å². The average Bonchev–Trinajstić information content (AvgIpc) is 2.65. The first-order valence-electron chi connectivity index (χ1n) is 9.22. The summed E-state index contributed by atoms with van der Waals surface area (Å²) < 4.78 is 5.92. The number of quaternary nitrogens is 1. The zero-order chi connectivity index (χ0) is 18.4. The Labute approximate surface area is 161 Å². The topological polar surface area (TPSA) is 37.7 Å². The van der Waals surface area contributed by atoms with Gasteiger partial charge in [-0.05, 0) is 43.3 Å². The summed E-state index contributed by atoms with van der Waals surface area (Å²) in [4.78, 5) is 1.56. The summed E-state index contributed by atoms with van der Waals surface area (Å²) in [6.07, 6.45) is 0.181. The lowest BCUT2D eigenvalue weighted by atomic mass is 10.1. The molecule has 138 valence electrons. The van der Waals surface area contributed by atoms with Crippen molar-refractivity contribution < 1.29 is 9.64 Å². The number of hydrogen-bond donors (Lipinski definition) is 3. The summed E-state index contributed by atoms with van der Waals surface area (Å²) >= 11 is 5.46. The Morgan fingerprint density at radius 1 is 1.15 bits per heavy atom. The fourth-order valence-electron chi connectivity index (χ4n) is 3.29. The summed E-state index contributed by atoms with van der Waals surface area (Å²) in [5, 5.41) is 7.26. The summed E-state index contributed by atoms with van der Waals surface area (Å²) in [7, 11) is 0. The van der Waals surface area contributed by atoms with Crippen LogP contribution in [0.2, 0.25) is 0 Å². The number of thiocarbonyl (C=S) groups is 1. The van der Waals surface area contributed by atoms with E-state index in [0.29, 0.717) is 5.11 Å². The van der Waals surface area contributed by atoms with Gasteiger partial charge in [-0.3, -0.25) is 0 Å². The number of benzene rings is 2. The van der Waals surface area contributed by atoms with Gasteiger partial charge in [-0.2, -0.15) is 0 Å². The first-order valence-corrected chi connectivity index (χ1v) is 9.63. The van der Waals surface area contributed by atoms with Gasteiger partial charge < -0.3 is 20.3 Å². The maximum atomic E-state index is 5.92. The summed E-state index contributed by atoms with van der Waals surface area (Å²) in [5.41, 5.74) is 4.92. The number of morpholine rings is 1. The number of nitrogens with one attached hydrogen (secondary N) is 3. The second-order valence-electron chi connectivity index (χ2n) is 6.94. The average molecular weight is 371 g/mol. The van der Waals surface area contributed by atoms with Crippen molar-refractivity contribution in [1.29, 1.82) is 0 Å². The van der Waals surface area contributed by atoms with E-state index in [-0.39, 0.29) is 6.10 Å². The molecular weight excluding hydrogens is 342 g/mol. The Bertz CT molecular complexity index is 735. The Morgan fingerprint density at radius 2 is 1.96 bits per heavy atom. The highest BCUT2D eigenvalue weighted by molar-refractivity contribution is 7.80. The van der Waals surface area contributed by atoms with E-state index in [1.807, 2.05) is 6.07 Å². The Kier molecular flexibility index (Phi) is 6.61. The van der Waals surface area contributed by atoms with Crippen LogP contribution in [0.15, 0.2) is 48.5 Å². The van der Waals surface area contributed by atoms with E-state index in [9.17, 15) is 0 Å². The Balaban J connectivity index is 1.46. The van der Waals surface area contributed by atoms with Gasteiger partial charge in [-0.1, -0.05) is 42.5 Å². The van der Waals surface area contributed by atoms with Crippen molar-refractivity contribution in [2.75, 3.05) is 31.6 Å². The second-order valence-corrected chi connectivity index (χ2v) is 7.35. The fourth-order valence-corrected chi connectivity index (χ4v) is 3.48. The lowest BCUT2D eigenvalue weighted by molar-refractivity contribution is -0.925. The fraction of sp³-hybridized carbons (Fsp3) is 0.381. The zero-order valence-corrected chi connectivity index (χ0v) is 16.4. The molecule has 1 heterocycles. The number of hydrogen-bond acceptors (Lipinski definition) is 2. The predicted octanol–water partition coefficient (Wildman–Crippen LogP) is 2.07. The van der Waals surface area contributed by atoms with E-state index in [2.05, 4.69) is 66.9 Å². The lowest BCUT2D eigenvalue weighted by Crippen LogP contribution is -3.13. The number of aryl methyl sites for hydroxylation is 1. The minimum atomic E-state index is 0.181. The minimum Gasteiger partial charge on any atom is -0.365 e. The molecule has 0 amide bonds. The van der Waals surface area contributed by atoms with Gasteiger partial charge >= 0.3 is 0 Å². The molecule has 5 heteroatoms. The largest absolute Gasteiger partial charge is 0.365 e. The van der Waals surface area contributed by atoms with Crippen LogP contribution in [0, 0.1) is 13.8 Å². The van der Waals surface area contributed by atoms with E-state index >= 15 is 0 Å². The molecule has 1 saturated heterocycles. The summed E-state index contributed by atoms with van der Waals surface area (Å²) in [6, 6.07) is 16.9. The molecule has 2 aromatic rings. The Morgan fingerprint density at radius 3 is 2.77 bits per heavy atom. The van der Waals surface area contributed by atoms with Gasteiger partial charge in [0.15, 0.2) is 5.11 Å². The molecule has 0 bridgehead atoms. The van der Waals surface area contributed by atoms with Crippen molar-refractivity contribution in [3.63, 3.8) is 0 Å². The number of ether oxygens (including phenoxy) is 1. The molecule has 4 nitrogen and oxygen atoms in total. The third-order valence-corrected chi connectivity index (χ3v) is 5.21. The molecule has 3 rings (SSSR count). The summed E-state index contributed by atoms with van der Waals surface area (Å²) in [6.45, 7) is 8.84. The van der Waals surface area contributed by atoms with Crippen molar-refractivity contribution in [2.24, 2.45) is 0 Å². The van der Waals surface area contributed by atoms with Gasteiger partial charge in [0.2, 0.25) is 0 Å². The van der Waals surface area contributed by atoms with E-state index in [0.717, 1.165) is 38.5 Å². The van der Waals surface area contributed by atoms with Gasteiger partial charge in [0.1, 0.15) is 25.7 Å². The zero-order valence-electron chi connectivity index (χ0n) is 15.5. The van der Waals surface area contributed by atoms with Gasteiger partial charge in [-0.15, -0.1) is 0 Å². The Hall–Kier alpha value is -1.95. The second kappa shape index (κ2) is 9.12. The molecule has 1 unspecified atom stereocenters. The molecule has 1 fully saturated rings. The molecule has 0 radical (unpaired) electrons. The minimum absolute atomic E-state index is 0.181. The predicted molar refractivity (Wildman–Crippen MR) is 111 cm³/mol. The first kappa shape index (κ1) is 18.8. The molecule has 0 aliphatic carbocycles. The molecule has 1 aliphatic rings. The van der Waals surface area contributed by atoms with Crippen LogP contribution in [0.1, 0.15) is 16.7 Å². The highest BCUT2D eigenvalue weighted by Gasteiger charge is 2.23. The van der Waals surface area contributed by atoms with Gasteiger partial charge in [0.25, 0.3) is 0 Å². The third-order valence-electron chi connectivity index (χ3n) is 4.97. The van der Waals surface area contributed by atoms with Crippen molar-refractivity contribution in [2.45, 2.75) is 26.5 Å². The van der Waals surface area contributed by atoms with Crippen LogP contribution >= 0.6 is 12.2 Å². The van der Waals surface area contributed by atoms with Crippen LogP contribution in [-0.2, 0) is 11.3 Å². The molecule has 2 atom stereocenters. The van der Waals surface area contributed by atoms with E-state index < -0.39 is 0 Å². The highest BCUT2D eigenvalue weighted by Crippen LogP contribution is 2.17. The molecule has 2 aromatic carbocycles. The maximum Gasteiger partial charge on any atom is 0.170 e. The van der Waals surface area contributed by atoms with Crippen molar-refractivity contribution in [3.05, 3.63) is 65.2 Å². The summed E-state index contributed by atoms with van der Waals surface area (Å²) in [5.74, 6) is 0. The molecule has 0 spiro atoms. The normalized spacial score (nSPS) is 19.8. The van der Waals surface area contributed by atoms with Crippen LogP contribution < -0.4 is 15.5 Å². The highest BCUT2D eigenvalue weighted by atomic mass is 32.1. The lowest BCUT2D eigenvalue weighted by Gasteiger charge is -2.30. The van der Waals surface area contributed by atoms with E-state index in [1.54, 1.807) is 4.90 Å².